The second kappa shape index (κ2) is 9.91. The number of hydrogen-bond acceptors (Lipinski definition) is 6. The fourth-order valence-corrected chi connectivity index (χ4v) is 1.41. The maximum Gasteiger partial charge on any atom is 0.218 e. The lowest BCUT2D eigenvalue weighted by molar-refractivity contribution is 0.0534. The van der Waals surface area contributed by atoms with Gasteiger partial charge in [-0.3, -0.25) is 0 Å². The maximum atomic E-state index is 5.88. The van der Waals surface area contributed by atoms with Crippen molar-refractivity contribution in [2.75, 3.05) is 40.1 Å². The van der Waals surface area contributed by atoms with Crippen molar-refractivity contribution < 1.29 is 18.9 Å². The number of hydrogen-bond donors (Lipinski definition) is 0. The summed E-state index contributed by atoms with van der Waals surface area (Å²) in [5.41, 5.74) is 0. The van der Waals surface area contributed by atoms with Crippen LogP contribution >= 0.6 is 11.6 Å². The monoisotopic (exact) mass is 290 g/mol. The third kappa shape index (κ3) is 7.27. The van der Waals surface area contributed by atoms with Gasteiger partial charge >= 0.3 is 0 Å². The van der Waals surface area contributed by atoms with Crippen molar-refractivity contribution in [3.63, 3.8) is 0 Å². The number of rotatable bonds is 10. The van der Waals surface area contributed by atoms with Gasteiger partial charge in [-0.1, -0.05) is 11.6 Å². The Labute approximate surface area is 118 Å². The van der Waals surface area contributed by atoms with Crippen LogP contribution in [0.15, 0.2) is 6.07 Å². The highest BCUT2D eigenvalue weighted by molar-refractivity contribution is 6.29. The predicted octanol–water partition coefficient (Wildman–Crippen LogP) is 1.71. The molecule has 0 radical (unpaired) electrons. The van der Waals surface area contributed by atoms with E-state index in [1.165, 1.54) is 0 Å². The van der Waals surface area contributed by atoms with Crippen LogP contribution in [0, 0.1) is 0 Å². The summed E-state index contributed by atoms with van der Waals surface area (Å²) in [6, 6.07) is 1.56. The minimum absolute atomic E-state index is 0.317. The Balaban J connectivity index is 2.34. The predicted molar refractivity (Wildman–Crippen MR) is 70.6 cm³/mol. The number of nitrogens with zero attached hydrogens (tertiary/aromatic N) is 2. The molecule has 0 unspecified atom stereocenters. The molecule has 0 spiro atoms. The van der Waals surface area contributed by atoms with E-state index in [-0.39, 0.29) is 0 Å². The summed E-state index contributed by atoms with van der Waals surface area (Å²) in [4.78, 5) is 8.22. The van der Waals surface area contributed by atoms with Gasteiger partial charge in [0, 0.05) is 19.8 Å². The zero-order valence-electron chi connectivity index (χ0n) is 11.2. The standard InChI is InChI=1S/C12H19ClN2O4/c1-3-17-9-11-14-10(13)8-12(15-11)19-7-6-18-5-4-16-2/h8H,3-7,9H2,1-2H3. The molecule has 1 heterocycles. The van der Waals surface area contributed by atoms with E-state index in [0.29, 0.717) is 56.5 Å². The van der Waals surface area contributed by atoms with E-state index in [2.05, 4.69) is 9.97 Å². The minimum Gasteiger partial charge on any atom is -0.475 e. The Bertz CT molecular complexity index is 366. The zero-order valence-corrected chi connectivity index (χ0v) is 12.0. The zero-order chi connectivity index (χ0) is 13.9. The van der Waals surface area contributed by atoms with Gasteiger partial charge < -0.3 is 18.9 Å². The molecule has 108 valence electrons. The molecule has 1 aromatic rings. The SMILES string of the molecule is CCOCc1nc(Cl)cc(OCCOCCOC)n1. The number of methoxy groups -OCH3 is 1. The highest BCUT2D eigenvalue weighted by Gasteiger charge is 2.04. The Morgan fingerprint density at radius 1 is 1.11 bits per heavy atom. The van der Waals surface area contributed by atoms with E-state index in [4.69, 9.17) is 30.5 Å². The molecule has 0 aliphatic carbocycles. The summed E-state index contributed by atoms with van der Waals surface area (Å²) in [6.45, 7) is 4.78. The third-order valence-corrected chi connectivity index (χ3v) is 2.26. The van der Waals surface area contributed by atoms with Gasteiger partial charge in [-0.15, -0.1) is 0 Å². The molecule has 0 aliphatic rings. The van der Waals surface area contributed by atoms with Crippen LogP contribution in [-0.2, 0) is 20.8 Å². The van der Waals surface area contributed by atoms with Crippen molar-refractivity contribution in [3.8, 4) is 5.88 Å². The average molecular weight is 291 g/mol. The molecule has 0 fully saturated rings. The number of aromatic nitrogens is 2. The second-order valence-electron chi connectivity index (χ2n) is 3.54. The first-order valence-electron chi connectivity index (χ1n) is 6.07. The van der Waals surface area contributed by atoms with Crippen LogP contribution in [0.5, 0.6) is 5.88 Å². The van der Waals surface area contributed by atoms with Gasteiger partial charge in [0.05, 0.1) is 19.8 Å². The summed E-state index contributed by atoms with van der Waals surface area (Å²) in [7, 11) is 1.63. The van der Waals surface area contributed by atoms with Crippen LogP contribution < -0.4 is 4.74 Å². The molecule has 7 heteroatoms. The van der Waals surface area contributed by atoms with E-state index in [0.717, 1.165) is 0 Å². The summed E-state index contributed by atoms with van der Waals surface area (Å²) in [5, 5.41) is 0.333. The lowest BCUT2D eigenvalue weighted by atomic mass is 10.5. The fraction of sp³-hybridized carbons (Fsp3) is 0.667. The third-order valence-electron chi connectivity index (χ3n) is 2.06. The van der Waals surface area contributed by atoms with Crippen molar-refractivity contribution in [2.24, 2.45) is 0 Å². The summed E-state index contributed by atoms with van der Waals surface area (Å²) in [6.07, 6.45) is 0. The van der Waals surface area contributed by atoms with Gasteiger partial charge in [0.25, 0.3) is 0 Å². The molecule has 0 bridgehead atoms. The van der Waals surface area contributed by atoms with Crippen LogP contribution in [0.25, 0.3) is 0 Å². The van der Waals surface area contributed by atoms with Gasteiger partial charge in [0.2, 0.25) is 5.88 Å². The van der Waals surface area contributed by atoms with Gasteiger partial charge in [0.15, 0.2) is 5.82 Å². The van der Waals surface area contributed by atoms with E-state index in [1.807, 2.05) is 6.92 Å². The summed E-state index contributed by atoms with van der Waals surface area (Å²) < 4.78 is 20.8. The molecule has 0 amide bonds. The van der Waals surface area contributed by atoms with Crippen LogP contribution in [0.1, 0.15) is 12.7 Å². The molecule has 0 saturated heterocycles. The van der Waals surface area contributed by atoms with Crippen molar-refractivity contribution in [1.29, 1.82) is 0 Å². The highest BCUT2D eigenvalue weighted by Crippen LogP contribution is 2.14. The molecule has 1 aromatic heterocycles. The first-order chi connectivity index (χ1) is 9.26. The Kier molecular flexibility index (Phi) is 8.40. The minimum atomic E-state index is 0.317. The largest absolute Gasteiger partial charge is 0.475 e. The Morgan fingerprint density at radius 3 is 2.63 bits per heavy atom. The molecule has 0 aromatic carbocycles. The first kappa shape index (κ1) is 16.1. The van der Waals surface area contributed by atoms with Gasteiger partial charge in [-0.05, 0) is 6.92 Å². The Hall–Kier alpha value is -0.950. The molecular formula is C12H19ClN2O4. The molecule has 0 aliphatic heterocycles. The first-order valence-corrected chi connectivity index (χ1v) is 6.44. The smallest absolute Gasteiger partial charge is 0.218 e. The molecule has 0 N–H and O–H groups in total. The quantitative estimate of drug-likeness (QED) is 0.483. The normalized spacial score (nSPS) is 10.7. The molecule has 1 rings (SSSR count). The number of halogens is 1. The molecule has 19 heavy (non-hydrogen) atoms. The van der Waals surface area contributed by atoms with Gasteiger partial charge in [-0.25, -0.2) is 4.98 Å². The van der Waals surface area contributed by atoms with Crippen LogP contribution in [0.4, 0.5) is 0 Å². The second-order valence-corrected chi connectivity index (χ2v) is 3.92. The Morgan fingerprint density at radius 2 is 1.89 bits per heavy atom. The van der Waals surface area contributed by atoms with E-state index in [9.17, 15) is 0 Å². The molecular weight excluding hydrogens is 272 g/mol. The van der Waals surface area contributed by atoms with Gasteiger partial charge in [-0.2, -0.15) is 4.98 Å². The molecule has 0 atom stereocenters. The van der Waals surface area contributed by atoms with Crippen molar-refractivity contribution in [2.45, 2.75) is 13.5 Å². The van der Waals surface area contributed by atoms with Crippen molar-refractivity contribution in [3.05, 3.63) is 17.0 Å². The van der Waals surface area contributed by atoms with Crippen LogP contribution in [0.3, 0.4) is 0 Å². The van der Waals surface area contributed by atoms with Crippen LogP contribution in [-0.4, -0.2) is 50.1 Å². The fourth-order valence-electron chi connectivity index (χ4n) is 1.22. The average Bonchev–Trinajstić information content (AvgIpc) is 2.40. The van der Waals surface area contributed by atoms with E-state index < -0.39 is 0 Å². The number of ether oxygens (including phenoxy) is 4. The lowest BCUT2D eigenvalue weighted by Gasteiger charge is -2.08. The topological polar surface area (TPSA) is 62.7 Å². The lowest BCUT2D eigenvalue weighted by Crippen LogP contribution is -2.11. The summed E-state index contributed by atoms with van der Waals surface area (Å²) in [5.74, 6) is 0.926. The van der Waals surface area contributed by atoms with Crippen molar-refractivity contribution in [1.82, 2.24) is 9.97 Å². The summed E-state index contributed by atoms with van der Waals surface area (Å²) >= 11 is 5.88. The maximum absolute atomic E-state index is 5.88. The van der Waals surface area contributed by atoms with Crippen LogP contribution in [0.2, 0.25) is 5.15 Å². The van der Waals surface area contributed by atoms with E-state index in [1.54, 1.807) is 13.2 Å². The van der Waals surface area contributed by atoms with Gasteiger partial charge in [0.1, 0.15) is 18.4 Å². The van der Waals surface area contributed by atoms with Crippen molar-refractivity contribution >= 4 is 11.6 Å². The highest BCUT2D eigenvalue weighted by atomic mass is 35.5. The molecule has 6 nitrogen and oxygen atoms in total. The van der Waals surface area contributed by atoms with E-state index >= 15 is 0 Å². The molecule has 0 saturated carbocycles.